The van der Waals surface area contributed by atoms with Crippen LogP contribution in [-0.2, 0) is 65.4 Å². The number of phosphoric acid groups is 2. The Bertz CT molecular complexity index is 1940. The van der Waals surface area contributed by atoms with E-state index in [2.05, 4.69) is 58.9 Å². The lowest BCUT2D eigenvalue weighted by atomic mass is 9.99. The third-order valence-electron chi connectivity index (χ3n) is 17.8. The van der Waals surface area contributed by atoms with Crippen molar-refractivity contribution in [3.63, 3.8) is 0 Å². The van der Waals surface area contributed by atoms with Gasteiger partial charge in [0, 0.05) is 25.7 Å². The summed E-state index contributed by atoms with van der Waals surface area (Å²) >= 11 is 0. The largest absolute Gasteiger partial charge is 0.472 e. The topological polar surface area (TPSA) is 237 Å². The summed E-state index contributed by atoms with van der Waals surface area (Å²) in [5.41, 5.74) is 0. The number of unbranched alkanes of at least 4 members (excludes halogenated alkanes) is 43. The van der Waals surface area contributed by atoms with Gasteiger partial charge in [0.05, 0.1) is 26.4 Å². The van der Waals surface area contributed by atoms with Crippen molar-refractivity contribution in [2.45, 2.75) is 400 Å². The van der Waals surface area contributed by atoms with Gasteiger partial charge in [-0.15, -0.1) is 0 Å². The van der Waals surface area contributed by atoms with Crippen molar-refractivity contribution in [1.29, 1.82) is 0 Å². The van der Waals surface area contributed by atoms with Crippen LogP contribution in [0.3, 0.4) is 0 Å². The molecule has 0 aliphatic rings. The molecule has 0 aromatic carbocycles. The number of aliphatic hydroxyl groups excluding tert-OH is 1. The van der Waals surface area contributed by atoms with Crippen LogP contribution < -0.4 is 0 Å². The van der Waals surface area contributed by atoms with Crippen molar-refractivity contribution in [3.8, 4) is 0 Å². The molecular formula is C77H146O17P2. The van der Waals surface area contributed by atoms with Crippen LogP contribution in [0, 0.1) is 5.92 Å². The minimum Gasteiger partial charge on any atom is -0.462 e. The summed E-state index contributed by atoms with van der Waals surface area (Å²) in [6.07, 6.45) is 62.0. The summed E-state index contributed by atoms with van der Waals surface area (Å²) < 4.78 is 68.4. The molecular weight excluding hydrogens is 1260 g/mol. The number of esters is 4. The van der Waals surface area contributed by atoms with Crippen LogP contribution in [0.1, 0.15) is 381 Å². The van der Waals surface area contributed by atoms with Crippen molar-refractivity contribution < 1.29 is 80.2 Å². The molecule has 0 heterocycles. The summed E-state index contributed by atoms with van der Waals surface area (Å²) in [5.74, 6) is -1.28. The molecule has 0 saturated carbocycles. The zero-order valence-corrected chi connectivity index (χ0v) is 63.8. The summed E-state index contributed by atoms with van der Waals surface area (Å²) in [5, 5.41) is 10.6. The second kappa shape index (κ2) is 69.6. The number of carbonyl (C=O) groups is 4. The number of phosphoric ester groups is 2. The maximum atomic E-state index is 13.1. The molecule has 0 amide bonds. The SMILES string of the molecule is CCCCCC/C=C\C=C/CCCCCCCC(=O)OC[C@H](COP(=O)(O)OC[C@@H](O)COP(=O)(O)OC[C@@H](COC(=O)CCCCCCCCC)OC(=O)CCCCCCCCCCCCCC)OC(=O)CCCCCCCCCCCCCCCCCCCCC(C)CC. The van der Waals surface area contributed by atoms with Crippen LogP contribution in [0.25, 0.3) is 0 Å². The molecule has 0 aromatic rings. The van der Waals surface area contributed by atoms with Gasteiger partial charge in [-0.1, -0.05) is 329 Å². The van der Waals surface area contributed by atoms with E-state index in [1.54, 1.807) is 0 Å². The first-order chi connectivity index (χ1) is 46.6. The Morgan fingerprint density at radius 2 is 0.583 bits per heavy atom. The van der Waals surface area contributed by atoms with Crippen LogP contribution in [-0.4, -0.2) is 96.7 Å². The average Bonchev–Trinajstić information content (AvgIpc) is 1.25. The lowest BCUT2D eigenvalue weighted by Gasteiger charge is -2.21. The Balaban J connectivity index is 5.19. The van der Waals surface area contributed by atoms with E-state index in [1.165, 1.54) is 173 Å². The van der Waals surface area contributed by atoms with E-state index in [1.807, 2.05) is 0 Å². The van der Waals surface area contributed by atoms with Crippen LogP contribution in [0.15, 0.2) is 24.3 Å². The Labute approximate surface area is 586 Å². The molecule has 3 N–H and O–H groups in total. The first-order valence-electron chi connectivity index (χ1n) is 39.5. The highest BCUT2D eigenvalue weighted by Gasteiger charge is 2.30. The normalized spacial score (nSPS) is 14.4. The van der Waals surface area contributed by atoms with E-state index in [-0.39, 0.29) is 25.7 Å². The number of rotatable bonds is 75. The van der Waals surface area contributed by atoms with E-state index < -0.39 is 97.5 Å². The Kier molecular flexibility index (Phi) is 67.8. The van der Waals surface area contributed by atoms with E-state index in [4.69, 9.17) is 37.0 Å². The van der Waals surface area contributed by atoms with Gasteiger partial charge in [0.2, 0.25) is 0 Å². The third-order valence-corrected chi connectivity index (χ3v) is 19.7. The fourth-order valence-electron chi connectivity index (χ4n) is 11.3. The predicted molar refractivity (Wildman–Crippen MR) is 391 cm³/mol. The molecule has 0 radical (unpaired) electrons. The van der Waals surface area contributed by atoms with Crippen molar-refractivity contribution in [1.82, 2.24) is 0 Å². The Morgan fingerprint density at radius 1 is 0.333 bits per heavy atom. The molecule has 566 valence electrons. The number of hydrogen-bond acceptors (Lipinski definition) is 15. The van der Waals surface area contributed by atoms with Gasteiger partial charge in [0.25, 0.3) is 0 Å². The Morgan fingerprint density at radius 3 is 0.885 bits per heavy atom. The maximum Gasteiger partial charge on any atom is 0.472 e. The molecule has 0 aliphatic carbocycles. The number of carbonyl (C=O) groups excluding carboxylic acids is 4. The lowest BCUT2D eigenvalue weighted by Crippen LogP contribution is -2.30. The molecule has 0 bridgehead atoms. The van der Waals surface area contributed by atoms with E-state index in [0.29, 0.717) is 25.7 Å². The molecule has 17 nitrogen and oxygen atoms in total. The van der Waals surface area contributed by atoms with Crippen molar-refractivity contribution in [2.24, 2.45) is 5.92 Å². The van der Waals surface area contributed by atoms with Crippen LogP contribution >= 0.6 is 15.6 Å². The standard InChI is InChI=1S/C77H146O17P2/c1-6-10-13-16-19-21-23-25-30-34-38-41-46-51-56-61-75(80)88-67-73(94-77(82)63-58-53-48-43-39-35-32-29-27-26-28-31-33-36-40-45-49-54-59-70(5)9-4)69-92-96(85,86)90-65-71(78)64-89-95(83,84)91-68-72(66-87-74(79)60-55-50-44-18-15-12-8-3)93-76(81)62-57-52-47-42-37-24-22-20-17-14-11-7-2/h21,23,25,30,70-73,78H,6-20,22,24,26-29,31-69H2,1-5H3,(H,83,84)(H,85,86)/b23-21-,30-25-/t70?,71-,72+,73+/m0/s1. The zero-order chi connectivity index (χ0) is 70.5. The van der Waals surface area contributed by atoms with Crippen molar-refractivity contribution in [2.75, 3.05) is 39.6 Å². The summed E-state index contributed by atoms with van der Waals surface area (Å²) in [4.78, 5) is 72.6. The summed E-state index contributed by atoms with van der Waals surface area (Å²) in [6, 6.07) is 0. The lowest BCUT2D eigenvalue weighted by molar-refractivity contribution is -0.161. The van der Waals surface area contributed by atoms with Gasteiger partial charge in [-0.3, -0.25) is 37.3 Å². The van der Waals surface area contributed by atoms with Gasteiger partial charge >= 0.3 is 39.5 Å². The van der Waals surface area contributed by atoms with Crippen molar-refractivity contribution >= 4 is 39.5 Å². The second-order valence-electron chi connectivity index (χ2n) is 27.3. The maximum absolute atomic E-state index is 13.1. The zero-order valence-electron chi connectivity index (χ0n) is 62.0. The van der Waals surface area contributed by atoms with Crippen LogP contribution in [0.4, 0.5) is 0 Å². The molecule has 0 aromatic heterocycles. The average molecular weight is 1410 g/mol. The summed E-state index contributed by atoms with van der Waals surface area (Å²) in [7, 11) is -9.92. The number of hydrogen-bond donors (Lipinski definition) is 3. The van der Waals surface area contributed by atoms with Crippen LogP contribution in [0.2, 0.25) is 0 Å². The van der Waals surface area contributed by atoms with Gasteiger partial charge in [-0.25, -0.2) is 9.13 Å². The predicted octanol–water partition coefficient (Wildman–Crippen LogP) is 22.4. The first kappa shape index (κ1) is 93.5. The van der Waals surface area contributed by atoms with Crippen LogP contribution in [0.5, 0.6) is 0 Å². The van der Waals surface area contributed by atoms with Crippen molar-refractivity contribution in [3.05, 3.63) is 24.3 Å². The highest BCUT2D eigenvalue weighted by atomic mass is 31.2. The quantitative estimate of drug-likeness (QED) is 0.0169. The molecule has 0 aliphatic heterocycles. The third kappa shape index (κ3) is 68.7. The molecule has 0 spiro atoms. The monoisotopic (exact) mass is 1410 g/mol. The van der Waals surface area contributed by atoms with E-state index in [0.717, 1.165) is 128 Å². The van der Waals surface area contributed by atoms with Gasteiger partial charge in [0.1, 0.15) is 19.3 Å². The number of allylic oxidation sites excluding steroid dienone is 4. The highest BCUT2D eigenvalue weighted by molar-refractivity contribution is 7.47. The smallest absolute Gasteiger partial charge is 0.462 e. The molecule has 96 heavy (non-hydrogen) atoms. The van der Waals surface area contributed by atoms with E-state index in [9.17, 15) is 43.2 Å². The highest BCUT2D eigenvalue weighted by Crippen LogP contribution is 2.45. The minimum absolute atomic E-state index is 0.102. The fourth-order valence-corrected chi connectivity index (χ4v) is 12.9. The fraction of sp³-hybridized carbons (Fsp3) is 0.896. The molecule has 6 atom stereocenters. The van der Waals surface area contributed by atoms with E-state index >= 15 is 0 Å². The number of ether oxygens (including phenoxy) is 4. The summed E-state index contributed by atoms with van der Waals surface area (Å²) in [6.45, 7) is 7.25. The van der Waals surface area contributed by atoms with Gasteiger partial charge in [-0.2, -0.15) is 0 Å². The van der Waals surface area contributed by atoms with Gasteiger partial charge in [0.15, 0.2) is 12.2 Å². The molecule has 19 heteroatoms. The van der Waals surface area contributed by atoms with Gasteiger partial charge < -0.3 is 33.8 Å². The molecule has 0 fully saturated rings. The molecule has 3 unspecified atom stereocenters. The molecule has 0 rings (SSSR count). The molecule has 0 saturated heterocycles. The van der Waals surface area contributed by atoms with Gasteiger partial charge in [-0.05, 0) is 57.3 Å². The Hall–Kier alpha value is -2.46. The minimum atomic E-state index is -4.96. The second-order valence-corrected chi connectivity index (χ2v) is 30.2. The first-order valence-corrected chi connectivity index (χ1v) is 42.5. The number of aliphatic hydroxyl groups is 1.